The molecule has 2 aromatic carbocycles. The maximum absolute atomic E-state index is 12.6. The highest BCUT2D eigenvalue weighted by Crippen LogP contribution is 2.33. The predicted octanol–water partition coefficient (Wildman–Crippen LogP) is 3.99. The maximum Gasteiger partial charge on any atom is 0.225 e. The molecule has 1 heterocycles. The summed E-state index contributed by atoms with van der Waals surface area (Å²) < 4.78 is 26.0. The normalized spacial score (nSPS) is 14.0. The van der Waals surface area contributed by atoms with Crippen LogP contribution in [0.3, 0.4) is 0 Å². The first-order valence-electron chi connectivity index (χ1n) is 8.60. The molecule has 0 atom stereocenters. The van der Waals surface area contributed by atoms with Gasteiger partial charge >= 0.3 is 0 Å². The first-order chi connectivity index (χ1) is 13.2. The average Bonchev–Trinajstić information content (AvgIpc) is 2.82. The zero-order chi connectivity index (χ0) is 20.3. The van der Waals surface area contributed by atoms with E-state index < -0.39 is 9.84 Å². The fraction of sp³-hybridized carbons (Fsp3) is 0.263. The summed E-state index contributed by atoms with van der Waals surface area (Å²) in [7, 11) is -3.66. The van der Waals surface area contributed by atoms with E-state index in [2.05, 4.69) is 26.6 Å². The fourth-order valence-electron chi connectivity index (χ4n) is 2.67. The molecule has 1 aliphatic rings. The van der Waals surface area contributed by atoms with Crippen molar-refractivity contribution in [3.05, 3.63) is 46.4 Å². The van der Waals surface area contributed by atoms with Gasteiger partial charge < -0.3 is 10.6 Å². The molecule has 148 valence electrons. The van der Waals surface area contributed by atoms with E-state index in [1.807, 2.05) is 19.1 Å². The average molecular weight is 483 g/mol. The molecule has 0 fully saturated rings. The Hall–Kier alpha value is -1.84. The molecule has 0 spiro atoms. The third kappa shape index (κ3) is 5.15. The third-order valence-corrected chi connectivity index (χ3v) is 7.61. The number of rotatable bonds is 5. The second-order valence-electron chi connectivity index (χ2n) is 6.40. The van der Waals surface area contributed by atoms with Gasteiger partial charge in [0, 0.05) is 28.0 Å². The van der Waals surface area contributed by atoms with Gasteiger partial charge in [-0.25, -0.2) is 8.42 Å². The Morgan fingerprint density at radius 2 is 2.04 bits per heavy atom. The molecule has 0 saturated heterocycles. The van der Waals surface area contributed by atoms with E-state index in [0.717, 1.165) is 14.9 Å². The second-order valence-corrected chi connectivity index (χ2v) is 10.5. The van der Waals surface area contributed by atoms with Gasteiger partial charge in [0.2, 0.25) is 11.8 Å². The number of thioether (sulfide) groups is 1. The van der Waals surface area contributed by atoms with Crippen molar-refractivity contribution in [3.63, 3.8) is 0 Å². The monoisotopic (exact) mass is 482 g/mol. The van der Waals surface area contributed by atoms with E-state index in [1.54, 1.807) is 12.1 Å². The topological polar surface area (TPSA) is 92.3 Å². The molecule has 2 N–H and O–H groups in total. The lowest BCUT2D eigenvalue weighted by Crippen LogP contribution is -2.18. The van der Waals surface area contributed by atoms with Crippen LogP contribution >= 0.6 is 27.7 Å². The number of sulfone groups is 1. The number of carbonyl (C=O) groups is 2. The zero-order valence-corrected chi connectivity index (χ0v) is 18.3. The van der Waals surface area contributed by atoms with Crippen molar-refractivity contribution in [3.8, 4) is 0 Å². The molecule has 2 amide bonds. The maximum atomic E-state index is 12.6. The number of anilines is 2. The molecule has 0 saturated carbocycles. The summed E-state index contributed by atoms with van der Waals surface area (Å²) in [6.07, 6.45) is 0.219. The summed E-state index contributed by atoms with van der Waals surface area (Å²) in [6, 6.07) is 10.2. The third-order valence-electron chi connectivity index (χ3n) is 4.17. The highest BCUT2D eigenvalue weighted by molar-refractivity contribution is 9.10. The van der Waals surface area contributed by atoms with Gasteiger partial charge in [0.15, 0.2) is 9.84 Å². The molecule has 0 bridgehead atoms. The molecule has 0 radical (unpaired) electrons. The molecule has 2 aromatic rings. The first kappa shape index (κ1) is 20.9. The van der Waals surface area contributed by atoms with Crippen LogP contribution in [0.15, 0.2) is 50.7 Å². The van der Waals surface area contributed by atoms with Gasteiger partial charge in [-0.2, -0.15) is 0 Å². The van der Waals surface area contributed by atoms with E-state index in [9.17, 15) is 18.0 Å². The van der Waals surface area contributed by atoms with E-state index in [4.69, 9.17) is 0 Å². The summed E-state index contributed by atoms with van der Waals surface area (Å²) >= 11 is 4.89. The summed E-state index contributed by atoms with van der Waals surface area (Å²) in [5, 5.41) is 5.45. The Morgan fingerprint density at radius 3 is 2.79 bits per heavy atom. The summed E-state index contributed by atoms with van der Waals surface area (Å²) in [5.74, 6) is -0.183. The minimum atomic E-state index is -3.66. The summed E-state index contributed by atoms with van der Waals surface area (Å²) in [6.45, 7) is 1.93. The van der Waals surface area contributed by atoms with Gasteiger partial charge in [0.05, 0.1) is 22.0 Å². The number of hydrogen-bond donors (Lipinski definition) is 2. The smallest absolute Gasteiger partial charge is 0.225 e. The fourth-order valence-corrected chi connectivity index (χ4v) is 5.46. The van der Waals surface area contributed by atoms with Gasteiger partial charge in [0.25, 0.3) is 0 Å². The van der Waals surface area contributed by atoms with Crippen molar-refractivity contribution < 1.29 is 18.0 Å². The van der Waals surface area contributed by atoms with Gasteiger partial charge in [-0.05, 0) is 58.7 Å². The van der Waals surface area contributed by atoms with Crippen molar-refractivity contribution in [2.75, 3.05) is 22.1 Å². The number of amides is 2. The van der Waals surface area contributed by atoms with Crippen molar-refractivity contribution in [1.29, 1.82) is 0 Å². The van der Waals surface area contributed by atoms with E-state index in [-0.39, 0.29) is 28.9 Å². The SMILES string of the molecule is Cc1ccc(NC(=O)CCS(=O)(=O)c2ccc3c(c2)NC(=O)CCS3)c(Br)c1. The Labute approximate surface area is 176 Å². The lowest BCUT2D eigenvalue weighted by atomic mass is 10.2. The minimum Gasteiger partial charge on any atom is -0.325 e. The standard InChI is InChI=1S/C19H19BrN2O4S2/c1-12-2-4-15(14(20)10-12)21-19(24)7-9-28(25,26)13-3-5-17-16(11-13)22-18(23)6-8-27-17/h2-5,10-11H,6-9H2,1H3,(H,21,24)(H,22,23). The van der Waals surface area contributed by atoms with Gasteiger partial charge in [-0.15, -0.1) is 11.8 Å². The van der Waals surface area contributed by atoms with Crippen LogP contribution in [0.25, 0.3) is 0 Å². The van der Waals surface area contributed by atoms with Crippen molar-refractivity contribution in [2.45, 2.75) is 29.6 Å². The number of nitrogens with one attached hydrogen (secondary N) is 2. The number of benzene rings is 2. The Kier molecular flexibility index (Phi) is 6.47. The Bertz CT molecular complexity index is 1040. The predicted molar refractivity (Wildman–Crippen MR) is 115 cm³/mol. The zero-order valence-electron chi connectivity index (χ0n) is 15.1. The highest BCUT2D eigenvalue weighted by Gasteiger charge is 2.20. The van der Waals surface area contributed by atoms with Gasteiger partial charge in [-0.1, -0.05) is 6.07 Å². The van der Waals surface area contributed by atoms with Gasteiger partial charge in [-0.3, -0.25) is 9.59 Å². The van der Waals surface area contributed by atoms with Crippen molar-refractivity contribution >= 4 is 60.7 Å². The molecular weight excluding hydrogens is 464 g/mol. The quantitative estimate of drug-likeness (QED) is 0.671. The number of hydrogen-bond acceptors (Lipinski definition) is 5. The summed E-state index contributed by atoms with van der Waals surface area (Å²) in [4.78, 5) is 24.8. The Balaban J connectivity index is 1.68. The first-order valence-corrected chi connectivity index (χ1v) is 12.0. The van der Waals surface area contributed by atoms with Crippen LogP contribution in [0.5, 0.6) is 0 Å². The molecular formula is C19H19BrN2O4S2. The molecule has 1 aliphatic heterocycles. The molecule has 6 nitrogen and oxygen atoms in total. The van der Waals surface area contributed by atoms with E-state index in [1.165, 1.54) is 23.9 Å². The van der Waals surface area contributed by atoms with Crippen molar-refractivity contribution in [2.24, 2.45) is 0 Å². The van der Waals surface area contributed by atoms with E-state index in [0.29, 0.717) is 23.5 Å². The largest absolute Gasteiger partial charge is 0.325 e. The lowest BCUT2D eigenvalue weighted by molar-refractivity contribution is -0.116. The number of fused-ring (bicyclic) bond motifs is 1. The van der Waals surface area contributed by atoms with Gasteiger partial charge in [0.1, 0.15) is 0 Å². The van der Waals surface area contributed by atoms with Crippen LogP contribution in [-0.2, 0) is 19.4 Å². The number of aryl methyl sites for hydroxylation is 1. The van der Waals surface area contributed by atoms with Crippen LogP contribution in [0.1, 0.15) is 18.4 Å². The molecule has 0 aromatic heterocycles. The van der Waals surface area contributed by atoms with Crippen LogP contribution in [-0.4, -0.2) is 31.7 Å². The molecule has 9 heteroatoms. The number of halogens is 1. The molecule has 28 heavy (non-hydrogen) atoms. The Morgan fingerprint density at radius 1 is 1.25 bits per heavy atom. The number of carbonyl (C=O) groups excluding carboxylic acids is 2. The summed E-state index contributed by atoms with van der Waals surface area (Å²) in [5.41, 5.74) is 2.14. The molecule has 0 aliphatic carbocycles. The minimum absolute atomic E-state index is 0.0957. The van der Waals surface area contributed by atoms with E-state index >= 15 is 0 Å². The second kappa shape index (κ2) is 8.67. The highest BCUT2D eigenvalue weighted by atomic mass is 79.9. The van der Waals surface area contributed by atoms with Crippen LogP contribution in [0.4, 0.5) is 11.4 Å². The lowest BCUT2D eigenvalue weighted by Gasteiger charge is -2.11. The van der Waals surface area contributed by atoms with Crippen LogP contribution in [0, 0.1) is 6.92 Å². The molecule has 3 rings (SSSR count). The molecule has 0 unspecified atom stereocenters. The van der Waals surface area contributed by atoms with Crippen LogP contribution < -0.4 is 10.6 Å². The van der Waals surface area contributed by atoms with Crippen LogP contribution in [0.2, 0.25) is 0 Å². The van der Waals surface area contributed by atoms with Crippen molar-refractivity contribution in [1.82, 2.24) is 0 Å².